The highest BCUT2D eigenvalue weighted by Gasteiger charge is 2.26. The van der Waals surface area contributed by atoms with Gasteiger partial charge in [-0.15, -0.1) is 0 Å². The van der Waals surface area contributed by atoms with Gasteiger partial charge in [-0.3, -0.25) is 0 Å². The van der Waals surface area contributed by atoms with Gasteiger partial charge in [-0.2, -0.15) is 4.98 Å². The van der Waals surface area contributed by atoms with E-state index in [1.54, 1.807) is 12.1 Å². The Kier molecular flexibility index (Phi) is 3.01. The van der Waals surface area contributed by atoms with E-state index in [1.165, 1.54) is 20.1 Å². The number of hydrogen-bond donors (Lipinski definition) is 1. The highest BCUT2D eigenvalue weighted by Crippen LogP contribution is 2.23. The van der Waals surface area contributed by atoms with Gasteiger partial charge in [0, 0.05) is 0 Å². The summed E-state index contributed by atoms with van der Waals surface area (Å²) in [5.74, 6) is 0.373. The summed E-state index contributed by atoms with van der Waals surface area (Å²) in [6.07, 6.45) is 1.44. The molecule has 3 rings (SSSR count). The number of rotatable bonds is 4. The minimum Gasteiger partial charge on any atom is -0.459 e. The van der Waals surface area contributed by atoms with Crippen LogP contribution in [0.4, 0.5) is 5.95 Å². The molecule has 0 amide bonds. The normalized spacial score (nSPS) is 11.7. The monoisotopic (exact) mass is 310 g/mol. The maximum absolute atomic E-state index is 12.2. The minimum absolute atomic E-state index is 0.0492. The number of nitrogens with zero attached hydrogens (tertiary/aromatic N) is 3. The van der Waals surface area contributed by atoms with Crippen LogP contribution in [0.2, 0.25) is 0 Å². The summed E-state index contributed by atoms with van der Waals surface area (Å²) in [5, 5.41) is 7.14. The molecule has 0 aliphatic rings. The van der Waals surface area contributed by atoms with Crippen molar-refractivity contribution < 1.29 is 21.9 Å². The third-order valence-electron chi connectivity index (χ3n) is 2.62. The van der Waals surface area contributed by atoms with Crippen molar-refractivity contribution in [3.05, 3.63) is 29.9 Å². The van der Waals surface area contributed by atoms with Crippen LogP contribution in [0.5, 0.6) is 0 Å². The van der Waals surface area contributed by atoms with E-state index in [-0.39, 0.29) is 28.2 Å². The predicted molar refractivity (Wildman–Crippen MR) is 68.8 cm³/mol. The second kappa shape index (κ2) is 4.74. The van der Waals surface area contributed by atoms with Crippen LogP contribution in [0.15, 0.2) is 36.8 Å². The Balaban J connectivity index is 1.90. The molecule has 0 unspecified atom stereocenters. The smallest absolute Gasteiger partial charge is 0.295 e. The van der Waals surface area contributed by atoms with Crippen molar-refractivity contribution in [1.82, 2.24) is 15.3 Å². The van der Waals surface area contributed by atoms with Crippen LogP contribution in [-0.2, 0) is 10.0 Å². The van der Waals surface area contributed by atoms with Crippen LogP contribution in [0, 0.1) is 13.8 Å². The third-order valence-corrected chi connectivity index (χ3v) is 4.19. The lowest BCUT2D eigenvalue weighted by molar-refractivity contribution is 0.390. The first-order valence-corrected chi connectivity index (χ1v) is 7.29. The van der Waals surface area contributed by atoms with Crippen LogP contribution in [0.25, 0.3) is 11.7 Å². The Bertz CT molecular complexity index is 843. The van der Waals surface area contributed by atoms with Crippen molar-refractivity contribution in [1.29, 1.82) is 0 Å². The van der Waals surface area contributed by atoms with E-state index < -0.39 is 10.0 Å². The van der Waals surface area contributed by atoms with E-state index in [0.717, 1.165) is 0 Å². The zero-order valence-electron chi connectivity index (χ0n) is 11.0. The van der Waals surface area contributed by atoms with Crippen molar-refractivity contribution in [2.45, 2.75) is 18.7 Å². The van der Waals surface area contributed by atoms with E-state index in [9.17, 15) is 8.42 Å². The first kappa shape index (κ1) is 13.4. The molecule has 0 fully saturated rings. The summed E-state index contributed by atoms with van der Waals surface area (Å²) in [7, 11) is -3.91. The number of nitrogens with one attached hydrogen (secondary N) is 1. The quantitative estimate of drug-likeness (QED) is 0.772. The molecular weight excluding hydrogens is 300 g/mol. The summed E-state index contributed by atoms with van der Waals surface area (Å²) in [5.41, 5.74) is 0.245. The number of furan rings is 1. The van der Waals surface area contributed by atoms with Crippen LogP contribution >= 0.6 is 0 Å². The standard InChI is InChI=1S/C11H10N4O5S/c1-6-9(7(2)19-13-6)21(16,17)15-11-12-10(20-14-11)8-4-3-5-18-8/h3-5H,1-2H3,(H,14,15). The second-order valence-corrected chi connectivity index (χ2v) is 5.78. The Hall–Kier alpha value is -2.62. The van der Waals surface area contributed by atoms with Gasteiger partial charge < -0.3 is 13.5 Å². The van der Waals surface area contributed by atoms with E-state index in [2.05, 4.69) is 20.0 Å². The first-order valence-electron chi connectivity index (χ1n) is 5.80. The van der Waals surface area contributed by atoms with Crippen molar-refractivity contribution in [3.63, 3.8) is 0 Å². The van der Waals surface area contributed by atoms with Gasteiger partial charge in [0.2, 0.25) is 0 Å². The molecule has 110 valence electrons. The molecule has 0 saturated carbocycles. The topological polar surface area (TPSA) is 124 Å². The molecule has 1 N–H and O–H groups in total. The van der Waals surface area contributed by atoms with E-state index in [4.69, 9.17) is 13.5 Å². The van der Waals surface area contributed by atoms with Gasteiger partial charge in [0.25, 0.3) is 21.9 Å². The highest BCUT2D eigenvalue weighted by atomic mass is 32.2. The average molecular weight is 310 g/mol. The van der Waals surface area contributed by atoms with Gasteiger partial charge in [0.15, 0.2) is 16.4 Å². The molecule has 3 heterocycles. The van der Waals surface area contributed by atoms with Gasteiger partial charge in [0.05, 0.1) is 6.26 Å². The Morgan fingerprint density at radius 2 is 2.00 bits per heavy atom. The van der Waals surface area contributed by atoms with Crippen LogP contribution in [0.3, 0.4) is 0 Å². The summed E-state index contributed by atoms with van der Waals surface area (Å²) >= 11 is 0. The van der Waals surface area contributed by atoms with Crippen molar-refractivity contribution in [3.8, 4) is 11.7 Å². The van der Waals surface area contributed by atoms with Gasteiger partial charge >= 0.3 is 0 Å². The molecule has 9 nitrogen and oxygen atoms in total. The van der Waals surface area contributed by atoms with Crippen LogP contribution < -0.4 is 4.72 Å². The number of aromatic nitrogens is 3. The van der Waals surface area contributed by atoms with E-state index in [0.29, 0.717) is 5.76 Å². The Labute approximate surface area is 119 Å². The van der Waals surface area contributed by atoms with Gasteiger partial charge in [-0.1, -0.05) is 5.16 Å². The molecule has 0 spiro atoms. The lowest BCUT2D eigenvalue weighted by Gasteiger charge is -2.02. The van der Waals surface area contributed by atoms with Gasteiger partial charge in [0.1, 0.15) is 5.69 Å². The van der Waals surface area contributed by atoms with Crippen LogP contribution in [-0.4, -0.2) is 23.7 Å². The van der Waals surface area contributed by atoms with E-state index >= 15 is 0 Å². The SMILES string of the molecule is Cc1noc(C)c1S(=O)(=O)Nc1noc(-c2ccco2)n1. The van der Waals surface area contributed by atoms with E-state index in [1.807, 2.05) is 0 Å². The van der Waals surface area contributed by atoms with Gasteiger partial charge in [-0.05, 0) is 31.1 Å². The maximum atomic E-state index is 12.2. The molecule has 0 bridgehead atoms. The Morgan fingerprint density at radius 1 is 1.19 bits per heavy atom. The largest absolute Gasteiger partial charge is 0.459 e. The molecule has 0 aromatic carbocycles. The third kappa shape index (κ3) is 2.40. The molecule has 0 aliphatic heterocycles. The van der Waals surface area contributed by atoms with Crippen molar-refractivity contribution in [2.24, 2.45) is 0 Å². The number of sulfonamides is 1. The lowest BCUT2D eigenvalue weighted by Crippen LogP contribution is -2.15. The molecular formula is C11H10N4O5S. The zero-order valence-corrected chi connectivity index (χ0v) is 11.8. The molecule has 21 heavy (non-hydrogen) atoms. The van der Waals surface area contributed by atoms with Crippen molar-refractivity contribution in [2.75, 3.05) is 4.72 Å². The predicted octanol–water partition coefficient (Wildman–Crippen LogP) is 1.74. The number of anilines is 1. The van der Waals surface area contributed by atoms with Crippen molar-refractivity contribution >= 4 is 16.0 Å². The fourth-order valence-corrected chi connectivity index (χ4v) is 3.06. The number of aryl methyl sites for hydroxylation is 2. The molecule has 3 aromatic rings. The molecule has 10 heteroatoms. The molecule has 0 radical (unpaired) electrons. The summed E-state index contributed by atoms with van der Waals surface area (Å²) in [6, 6.07) is 3.26. The molecule has 0 aliphatic carbocycles. The summed E-state index contributed by atoms with van der Waals surface area (Å²) in [4.78, 5) is 3.85. The maximum Gasteiger partial charge on any atom is 0.295 e. The minimum atomic E-state index is -3.91. The Morgan fingerprint density at radius 3 is 2.62 bits per heavy atom. The van der Waals surface area contributed by atoms with Gasteiger partial charge in [-0.25, -0.2) is 13.1 Å². The fourth-order valence-electron chi connectivity index (χ4n) is 1.79. The number of hydrogen-bond acceptors (Lipinski definition) is 8. The first-order chi connectivity index (χ1) is 9.97. The fraction of sp³-hybridized carbons (Fsp3) is 0.182. The lowest BCUT2D eigenvalue weighted by atomic mass is 10.4. The average Bonchev–Trinajstić information content (AvgIpc) is 3.09. The molecule has 0 saturated heterocycles. The summed E-state index contributed by atoms with van der Waals surface area (Å²) in [6.45, 7) is 3.02. The van der Waals surface area contributed by atoms with Crippen LogP contribution in [0.1, 0.15) is 11.5 Å². The summed E-state index contributed by atoms with van der Waals surface area (Å²) < 4.78 is 41.5. The second-order valence-electron chi connectivity index (χ2n) is 4.16. The molecule has 0 atom stereocenters. The zero-order chi connectivity index (χ0) is 15.0. The highest BCUT2D eigenvalue weighted by molar-refractivity contribution is 7.92. The molecule has 3 aromatic heterocycles.